The Morgan fingerprint density at radius 3 is 2.89 bits per heavy atom. The van der Waals surface area contributed by atoms with Crippen LogP contribution in [0, 0.1) is 12.8 Å². The van der Waals surface area contributed by atoms with Crippen molar-refractivity contribution >= 4 is 44.4 Å². The first-order valence-corrected chi connectivity index (χ1v) is 7.95. The van der Waals surface area contributed by atoms with E-state index in [9.17, 15) is 9.59 Å². The summed E-state index contributed by atoms with van der Waals surface area (Å²) in [5.74, 6) is 1.15. The van der Waals surface area contributed by atoms with E-state index in [2.05, 4.69) is 15.9 Å². The molecule has 1 amide bonds. The van der Waals surface area contributed by atoms with E-state index in [-0.39, 0.29) is 16.9 Å². The van der Waals surface area contributed by atoms with Gasteiger partial charge < -0.3 is 4.90 Å². The van der Waals surface area contributed by atoms with Gasteiger partial charge in [-0.3, -0.25) is 9.59 Å². The van der Waals surface area contributed by atoms with E-state index in [0.29, 0.717) is 13.0 Å². The molecule has 0 saturated carbocycles. The molecule has 0 N–H and O–H groups in total. The van der Waals surface area contributed by atoms with Gasteiger partial charge in [-0.25, -0.2) is 0 Å². The summed E-state index contributed by atoms with van der Waals surface area (Å²) < 4.78 is 1.05. The normalized spacial score (nSPS) is 19.0. The summed E-state index contributed by atoms with van der Waals surface area (Å²) in [4.78, 5) is 24.8. The van der Waals surface area contributed by atoms with Gasteiger partial charge in [-0.15, -0.1) is 0 Å². The summed E-state index contributed by atoms with van der Waals surface area (Å²) in [7, 11) is 0. The minimum Gasteiger partial charge on any atom is -0.312 e. The zero-order chi connectivity index (χ0) is 14.0. The third kappa shape index (κ3) is 3.60. The Balaban J connectivity index is 2.07. The van der Waals surface area contributed by atoms with Crippen molar-refractivity contribution in [3.8, 4) is 0 Å². The molecule has 1 atom stereocenters. The smallest absolute Gasteiger partial charge is 0.227 e. The van der Waals surface area contributed by atoms with Gasteiger partial charge in [0.2, 0.25) is 5.91 Å². The molecule has 1 aliphatic heterocycles. The van der Waals surface area contributed by atoms with Crippen molar-refractivity contribution in [2.45, 2.75) is 20.3 Å². The Labute approximate surface area is 125 Å². The average Bonchev–Trinajstić information content (AvgIpc) is 2.72. The van der Waals surface area contributed by atoms with Crippen molar-refractivity contribution in [1.82, 2.24) is 0 Å². The first-order chi connectivity index (χ1) is 8.97. The second kappa shape index (κ2) is 6.09. The molecule has 0 aliphatic carbocycles. The Kier molecular flexibility index (Phi) is 4.68. The summed E-state index contributed by atoms with van der Waals surface area (Å²) in [6, 6.07) is 5.94. The molecule has 1 aromatic carbocycles. The van der Waals surface area contributed by atoms with Crippen LogP contribution in [0.4, 0.5) is 5.69 Å². The lowest BCUT2D eigenvalue weighted by molar-refractivity contribution is -0.117. The summed E-state index contributed by atoms with van der Waals surface area (Å²) in [6.45, 7) is 4.29. The van der Waals surface area contributed by atoms with Crippen molar-refractivity contribution < 1.29 is 9.59 Å². The summed E-state index contributed by atoms with van der Waals surface area (Å²) in [6.07, 6.45) is 0.537. The van der Waals surface area contributed by atoms with Gasteiger partial charge in [0.05, 0.1) is 0 Å². The highest BCUT2D eigenvalue weighted by atomic mass is 79.9. The van der Waals surface area contributed by atoms with Gasteiger partial charge in [-0.2, -0.15) is 0 Å². The van der Waals surface area contributed by atoms with Crippen molar-refractivity contribution in [3.63, 3.8) is 0 Å². The molecule has 19 heavy (non-hydrogen) atoms. The SMILES string of the molecule is CC(=O)SCC1CC(=O)N(c2ccc(Br)c(C)c2)C1. The van der Waals surface area contributed by atoms with E-state index in [1.165, 1.54) is 11.8 Å². The van der Waals surface area contributed by atoms with Gasteiger partial charge >= 0.3 is 0 Å². The maximum absolute atomic E-state index is 12.0. The lowest BCUT2D eigenvalue weighted by Crippen LogP contribution is -2.24. The Morgan fingerprint density at radius 1 is 1.53 bits per heavy atom. The minimum atomic E-state index is 0.116. The number of hydrogen-bond acceptors (Lipinski definition) is 3. The molecule has 1 fully saturated rings. The third-order valence-corrected chi connectivity index (χ3v) is 5.11. The third-order valence-electron chi connectivity index (χ3n) is 3.18. The molecular weight excluding hydrogens is 326 g/mol. The average molecular weight is 342 g/mol. The number of anilines is 1. The molecule has 1 heterocycles. The molecule has 0 radical (unpaired) electrons. The molecular formula is C14H16BrNO2S. The fraction of sp³-hybridized carbons (Fsp3) is 0.429. The molecule has 0 spiro atoms. The van der Waals surface area contributed by atoms with Gasteiger partial charge in [0.25, 0.3) is 0 Å². The Bertz CT molecular complexity index is 518. The van der Waals surface area contributed by atoms with Gasteiger partial charge in [-0.05, 0) is 36.6 Å². The topological polar surface area (TPSA) is 37.4 Å². The molecule has 0 aromatic heterocycles. The number of aryl methyl sites for hydroxylation is 1. The van der Waals surface area contributed by atoms with Crippen molar-refractivity contribution in [2.24, 2.45) is 5.92 Å². The zero-order valence-corrected chi connectivity index (χ0v) is 13.4. The van der Waals surface area contributed by atoms with Gasteiger partial charge in [0.1, 0.15) is 0 Å². The van der Waals surface area contributed by atoms with E-state index in [1.807, 2.05) is 30.0 Å². The number of carbonyl (C=O) groups is 2. The number of carbonyl (C=O) groups excluding carboxylic acids is 2. The first kappa shape index (κ1) is 14.6. The number of rotatable bonds is 3. The fourth-order valence-electron chi connectivity index (χ4n) is 2.17. The van der Waals surface area contributed by atoms with Gasteiger partial charge in [0.15, 0.2) is 5.12 Å². The second-order valence-electron chi connectivity index (χ2n) is 4.81. The molecule has 3 nitrogen and oxygen atoms in total. The quantitative estimate of drug-likeness (QED) is 0.845. The predicted octanol–water partition coefficient (Wildman–Crippen LogP) is 3.39. The monoisotopic (exact) mass is 341 g/mol. The zero-order valence-electron chi connectivity index (χ0n) is 11.0. The lowest BCUT2D eigenvalue weighted by Gasteiger charge is -2.17. The maximum Gasteiger partial charge on any atom is 0.227 e. The number of hydrogen-bond donors (Lipinski definition) is 0. The Hall–Kier alpha value is -0.810. The van der Waals surface area contributed by atoms with Crippen LogP contribution in [0.3, 0.4) is 0 Å². The molecule has 0 bridgehead atoms. The number of thioether (sulfide) groups is 1. The summed E-state index contributed by atoms with van der Waals surface area (Å²) in [5.41, 5.74) is 2.06. The van der Waals surface area contributed by atoms with Crippen molar-refractivity contribution in [2.75, 3.05) is 17.2 Å². The summed E-state index contributed by atoms with van der Waals surface area (Å²) >= 11 is 4.77. The van der Waals surface area contributed by atoms with E-state index in [4.69, 9.17) is 0 Å². The van der Waals surface area contributed by atoms with Crippen LogP contribution in [0.25, 0.3) is 0 Å². The number of amides is 1. The van der Waals surface area contributed by atoms with Gasteiger partial charge in [-0.1, -0.05) is 27.7 Å². The molecule has 102 valence electrons. The van der Waals surface area contributed by atoms with Crippen molar-refractivity contribution in [1.29, 1.82) is 0 Å². The molecule has 1 aliphatic rings. The van der Waals surface area contributed by atoms with Crippen LogP contribution < -0.4 is 4.90 Å². The molecule has 5 heteroatoms. The molecule has 1 aromatic rings. The van der Waals surface area contributed by atoms with Crippen molar-refractivity contribution in [3.05, 3.63) is 28.2 Å². The Morgan fingerprint density at radius 2 is 2.26 bits per heavy atom. The van der Waals surface area contributed by atoms with Crippen LogP contribution in [-0.2, 0) is 9.59 Å². The fourth-order valence-corrected chi connectivity index (χ4v) is 3.12. The minimum absolute atomic E-state index is 0.116. The molecule has 1 saturated heterocycles. The van der Waals surface area contributed by atoms with E-state index in [0.717, 1.165) is 21.5 Å². The highest BCUT2D eigenvalue weighted by Crippen LogP contribution is 2.29. The van der Waals surface area contributed by atoms with Crippen LogP contribution in [0.2, 0.25) is 0 Å². The van der Waals surface area contributed by atoms with Crippen LogP contribution in [-0.4, -0.2) is 23.3 Å². The maximum atomic E-state index is 12.0. The predicted molar refractivity (Wildman–Crippen MR) is 82.5 cm³/mol. The van der Waals surface area contributed by atoms with E-state index < -0.39 is 0 Å². The molecule has 2 rings (SSSR count). The number of halogens is 1. The highest BCUT2D eigenvalue weighted by Gasteiger charge is 2.30. The van der Waals surface area contributed by atoms with E-state index >= 15 is 0 Å². The molecule has 1 unspecified atom stereocenters. The standard InChI is InChI=1S/C14H16BrNO2S/c1-9-5-12(3-4-13(9)15)16-7-11(6-14(16)18)8-19-10(2)17/h3-5,11H,6-8H2,1-2H3. The summed E-state index contributed by atoms with van der Waals surface area (Å²) in [5, 5.41) is 0.116. The van der Waals surface area contributed by atoms with Crippen LogP contribution in [0.1, 0.15) is 18.9 Å². The van der Waals surface area contributed by atoms with E-state index in [1.54, 1.807) is 6.92 Å². The second-order valence-corrected chi connectivity index (χ2v) is 6.86. The largest absolute Gasteiger partial charge is 0.312 e. The van der Waals surface area contributed by atoms with Crippen LogP contribution in [0.5, 0.6) is 0 Å². The number of benzene rings is 1. The van der Waals surface area contributed by atoms with Gasteiger partial charge in [0, 0.05) is 35.8 Å². The first-order valence-electron chi connectivity index (χ1n) is 6.17. The number of nitrogens with zero attached hydrogens (tertiary/aromatic N) is 1. The lowest BCUT2D eigenvalue weighted by atomic mass is 10.1. The van der Waals surface area contributed by atoms with Crippen LogP contribution >= 0.6 is 27.7 Å². The van der Waals surface area contributed by atoms with Crippen LogP contribution in [0.15, 0.2) is 22.7 Å². The highest BCUT2D eigenvalue weighted by molar-refractivity contribution is 9.10.